The second-order valence-electron chi connectivity index (χ2n) is 7.47. The Kier molecular flexibility index (Phi) is 6.07. The lowest BCUT2D eigenvalue weighted by atomic mass is 10.1. The summed E-state index contributed by atoms with van der Waals surface area (Å²) in [6.07, 6.45) is 1.98. The number of nitrogens with zero attached hydrogens (tertiary/aromatic N) is 3. The van der Waals surface area contributed by atoms with Gasteiger partial charge in [-0.3, -0.25) is 14.9 Å². The Morgan fingerprint density at radius 1 is 0.969 bits per heavy atom. The number of hydrogen-bond donors (Lipinski definition) is 1. The molecule has 7 nitrogen and oxygen atoms in total. The van der Waals surface area contributed by atoms with Crippen LogP contribution < -0.4 is 5.32 Å². The summed E-state index contributed by atoms with van der Waals surface area (Å²) in [6.45, 7) is 2.46. The van der Waals surface area contributed by atoms with Gasteiger partial charge in [0.15, 0.2) is 0 Å². The lowest BCUT2D eigenvalue weighted by Gasteiger charge is -2.08. The molecule has 0 aliphatic rings. The largest absolute Gasteiger partial charge is 0.352 e. The van der Waals surface area contributed by atoms with Crippen LogP contribution in [0.15, 0.2) is 85.1 Å². The van der Waals surface area contributed by atoms with E-state index in [1.807, 2.05) is 67.7 Å². The fourth-order valence-corrected chi connectivity index (χ4v) is 3.47. The molecule has 0 saturated carbocycles. The van der Waals surface area contributed by atoms with Crippen molar-refractivity contribution in [3.63, 3.8) is 0 Å². The first-order valence-corrected chi connectivity index (χ1v) is 10.2. The molecule has 160 valence electrons. The average molecular weight is 426 g/mol. The molecule has 1 N–H and O–H groups in total. The number of carbonyl (C=O) groups excluding carboxylic acids is 1. The maximum absolute atomic E-state index is 12.7. The van der Waals surface area contributed by atoms with Gasteiger partial charge in [-0.2, -0.15) is 5.10 Å². The molecule has 3 aromatic carbocycles. The molecule has 1 aromatic heterocycles. The second kappa shape index (κ2) is 9.26. The molecule has 4 rings (SSSR count). The summed E-state index contributed by atoms with van der Waals surface area (Å²) in [4.78, 5) is 23.3. The number of nitrogens with one attached hydrogen (secondary N) is 1. The van der Waals surface area contributed by atoms with Crippen LogP contribution in [0.5, 0.6) is 0 Å². The SMILES string of the molecule is Cc1ccccc1CNC(=O)Cc1cn(-c2ccccc2)nc1-c1ccc([N+](=O)[O-])cc1. The number of rotatable bonds is 7. The number of nitro groups is 1. The monoisotopic (exact) mass is 426 g/mol. The van der Waals surface area contributed by atoms with Crippen molar-refractivity contribution in [2.45, 2.75) is 19.9 Å². The van der Waals surface area contributed by atoms with Crippen LogP contribution in [0.3, 0.4) is 0 Å². The minimum Gasteiger partial charge on any atom is -0.352 e. The quantitative estimate of drug-likeness (QED) is 0.345. The van der Waals surface area contributed by atoms with Gasteiger partial charge in [-0.25, -0.2) is 4.68 Å². The second-order valence-corrected chi connectivity index (χ2v) is 7.47. The number of non-ortho nitro benzene ring substituents is 1. The highest BCUT2D eigenvalue weighted by Crippen LogP contribution is 2.26. The number of aryl methyl sites for hydroxylation is 1. The van der Waals surface area contributed by atoms with Crippen molar-refractivity contribution in [3.8, 4) is 16.9 Å². The number of amides is 1. The summed E-state index contributed by atoms with van der Waals surface area (Å²) in [5, 5.41) is 18.6. The van der Waals surface area contributed by atoms with Gasteiger partial charge in [0, 0.05) is 36.0 Å². The van der Waals surface area contributed by atoms with Crippen LogP contribution in [0.25, 0.3) is 16.9 Å². The number of nitro benzene ring substituents is 1. The van der Waals surface area contributed by atoms with Crippen molar-refractivity contribution in [1.29, 1.82) is 0 Å². The zero-order chi connectivity index (χ0) is 22.5. The van der Waals surface area contributed by atoms with E-state index in [1.165, 1.54) is 12.1 Å². The van der Waals surface area contributed by atoms with Crippen LogP contribution in [-0.2, 0) is 17.8 Å². The molecule has 0 radical (unpaired) electrons. The number of para-hydroxylation sites is 1. The summed E-state index contributed by atoms with van der Waals surface area (Å²) in [7, 11) is 0. The van der Waals surface area contributed by atoms with Crippen molar-refractivity contribution in [1.82, 2.24) is 15.1 Å². The van der Waals surface area contributed by atoms with Gasteiger partial charge in [0.2, 0.25) is 5.91 Å². The highest BCUT2D eigenvalue weighted by Gasteiger charge is 2.17. The van der Waals surface area contributed by atoms with Crippen molar-refractivity contribution < 1.29 is 9.72 Å². The van der Waals surface area contributed by atoms with E-state index in [2.05, 4.69) is 10.4 Å². The van der Waals surface area contributed by atoms with Gasteiger partial charge in [-0.1, -0.05) is 42.5 Å². The molecular formula is C25H22N4O3. The van der Waals surface area contributed by atoms with Crippen LogP contribution in [0.4, 0.5) is 5.69 Å². The smallest absolute Gasteiger partial charge is 0.269 e. The lowest BCUT2D eigenvalue weighted by molar-refractivity contribution is -0.384. The Labute approximate surface area is 185 Å². The molecule has 7 heteroatoms. The predicted octanol–water partition coefficient (Wildman–Crippen LogP) is 4.61. The number of carbonyl (C=O) groups is 1. The molecule has 1 heterocycles. The molecule has 0 unspecified atom stereocenters. The zero-order valence-corrected chi connectivity index (χ0v) is 17.6. The highest BCUT2D eigenvalue weighted by atomic mass is 16.6. The van der Waals surface area contributed by atoms with Crippen molar-refractivity contribution in [2.24, 2.45) is 0 Å². The van der Waals surface area contributed by atoms with Crippen LogP contribution in [0.1, 0.15) is 16.7 Å². The predicted molar refractivity (Wildman–Crippen MR) is 122 cm³/mol. The molecule has 1 amide bonds. The Bertz CT molecular complexity index is 1250. The molecule has 32 heavy (non-hydrogen) atoms. The molecular weight excluding hydrogens is 404 g/mol. The Morgan fingerprint density at radius 3 is 2.34 bits per heavy atom. The summed E-state index contributed by atoms with van der Waals surface area (Å²) in [5.74, 6) is -0.121. The molecule has 0 aliphatic carbocycles. The van der Waals surface area contributed by atoms with Crippen LogP contribution >= 0.6 is 0 Å². The topological polar surface area (TPSA) is 90.1 Å². The number of benzene rings is 3. The minimum atomic E-state index is -0.438. The van der Waals surface area contributed by atoms with E-state index in [0.29, 0.717) is 17.8 Å². The molecule has 0 bridgehead atoms. The maximum Gasteiger partial charge on any atom is 0.269 e. The Hall–Kier alpha value is -4.26. The van der Waals surface area contributed by atoms with E-state index < -0.39 is 4.92 Å². The van der Waals surface area contributed by atoms with Gasteiger partial charge in [-0.15, -0.1) is 0 Å². The van der Waals surface area contributed by atoms with E-state index in [1.54, 1.807) is 16.8 Å². The Balaban J connectivity index is 1.60. The summed E-state index contributed by atoms with van der Waals surface area (Å²) >= 11 is 0. The zero-order valence-electron chi connectivity index (χ0n) is 17.6. The van der Waals surface area contributed by atoms with Crippen LogP contribution in [0, 0.1) is 17.0 Å². The highest BCUT2D eigenvalue weighted by molar-refractivity contribution is 5.81. The molecule has 0 spiro atoms. The third-order valence-corrected chi connectivity index (χ3v) is 5.25. The normalized spacial score (nSPS) is 10.7. The fraction of sp³-hybridized carbons (Fsp3) is 0.120. The minimum absolute atomic E-state index is 0.00812. The number of hydrogen-bond acceptors (Lipinski definition) is 4. The molecule has 4 aromatic rings. The van der Waals surface area contributed by atoms with Gasteiger partial charge < -0.3 is 5.32 Å². The van der Waals surface area contributed by atoms with Crippen molar-refractivity contribution in [3.05, 3.63) is 112 Å². The first-order valence-electron chi connectivity index (χ1n) is 10.2. The fourth-order valence-electron chi connectivity index (χ4n) is 3.47. The molecule has 0 aliphatic heterocycles. The first kappa shape index (κ1) is 21.0. The van der Waals surface area contributed by atoms with E-state index in [9.17, 15) is 14.9 Å². The van der Waals surface area contributed by atoms with Gasteiger partial charge in [-0.05, 0) is 42.3 Å². The standard InChI is InChI=1S/C25H22N4O3/c1-18-7-5-6-8-20(18)16-26-24(30)15-21-17-28(22-9-3-2-4-10-22)27-25(21)19-11-13-23(14-12-19)29(31)32/h2-14,17H,15-16H2,1H3,(H,26,30). The molecule has 0 saturated heterocycles. The van der Waals surface area contributed by atoms with E-state index in [0.717, 1.165) is 22.4 Å². The summed E-state index contributed by atoms with van der Waals surface area (Å²) in [6, 6.07) is 23.7. The van der Waals surface area contributed by atoms with Crippen LogP contribution in [0.2, 0.25) is 0 Å². The van der Waals surface area contributed by atoms with Gasteiger partial charge >= 0.3 is 0 Å². The third-order valence-electron chi connectivity index (χ3n) is 5.25. The van der Waals surface area contributed by atoms with Gasteiger partial charge in [0.05, 0.1) is 22.7 Å². The van der Waals surface area contributed by atoms with E-state index in [4.69, 9.17) is 0 Å². The Morgan fingerprint density at radius 2 is 1.66 bits per heavy atom. The van der Waals surface area contributed by atoms with Gasteiger partial charge in [0.1, 0.15) is 0 Å². The average Bonchev–Trinajstić information content (AvgIpc) is 3.23. The summed E-state index contributed by atoms with van der Waals surface area (Å²) in [5.41, 5.74) is 5.13. The summed E-state index contributed by atoms with van der Waals surface area (Å²) < 4.78 is 1.72. The molecule has 0 atom stereocenters. The van der Waals surface area contributed by atoms with Crippen molar-refractivity contribution in [2.75, 3.05) is 0 Å². The van der Waals surface area contributed by atoms with Crippen LogP contribution in [-0.4, -0.2) is 20.6 Å². The van der Waals surface area contributed by atoms with Crippen molar-refractivity contribution >= 4 is 11.6 Å². The first-order chi connectivity index (χ1) is 15.5. The maximum atomic E-state index is 12.7. The lowest BCUT2D eigenvalue weighted by Crippen LogP contribution is -2.25. The molecule has 0 fully saturated rings. The number of aromatic nitrogens is 2. The van der Waals surface area contributed by atoms with E-state index >= 15 is 0 Å². The van der Waals surface area contributed by atoms with Gasteiger partial charge in [0.25, 0.3) is 5.69 Å². The van der Waals surface area contributed by atoms with E-state index in [-0.39, 0.29) is 18.0 Å². The third kappa shape index (κ3) is 4.73.